The summed E-state index contributed by atoms with van der Waals surface area (Å²) in [6, 6.07) is 8.99. The second kappa shape index (κ2) is 8.01. The van der Waals surface area contributed by atoms with E-state index >= 15 is 0 Å². The highest BCUT2D eigenvalue weighted by Crippen LogP contribution is 2.26. The number of hydrogen-bond acceptors (Lipinski definition) is 5. The first-order valence-electron chi connectivity index (χ1n) is 7.38. The lowest BCUT2D eigenvalue weighted by atomic mass is 10.1. The molecule has 0 atom stereocenters. The molecule has 6 heteroatoms. The Morgan fingerprint density at radius 1 is 1.21 bits per heavy atom. The van der Waals surface area contributed by atoms with E-state index in [1.165, 1.54) is 6.08 Å². The van der Waals surface area contributed by atoms with Gasteiger partial charge in [0.15, 0.2) is 5.82 Å². The molecule has 1 aromatic carbocycles. The fourth-order valence-corrected chi connectivity index (χ4v) is 2.15. The molecule has 1 amide bonds. The quantitative estimate of drug-likeness (QED) is 0.827. The zero-order valence-corrected chi connectivity index (χ0v) is 14.2. The molecule has 0 saturated heterocycles. The van der Waals surface area contributed by atoms with Gasteiger partial charge in [0.05, 0.1) is 19.9 Å². The summed E-state index contributed by atoms with van der Waals surface area (Å²) in [6.45, 7) is 0. The molecule has 126 valence electrons. The topological polar surface area (TPSA) is 63.7 Å². The molecular formula is C18H21N3O3. The van der Waals surface area contributed by atoms with Crippen LogP contribution in [0.3, 0.4) is 0 Å². The molecule has 2 aromatic rings. The molecule has 0 radical (unpaired) electrons. The van der Waals surface area contributed by atoms with Crippen LogP contribution in [0.1, 0.15) is 5.56 Å². The van der Waals surface area contributed by atoms with Crippen molar-refractivity contribution in [3.63, 3.8) is 0 Å². The van der Waals surface area contributed by atoms with Crippen molar-refractivity contribution in [1.82, 2.24) is 4.98 Å². The molecule has 0 bridgehead atoms. The van der Waals surface area contributed by atoms with E-state index < -0.39 is 0 Å². The van der Waals surface area contributed by atoms with E-state index in [-0.39, 0.29) is 5.91 Å². The first-order chi connectivity index (χ1) is 11.5. The second-order valence-corrected chi connectivity index (χ2v) is 5.20. The average molecular weight is 327 g/mol. The van der Waals surface area contributed by atoms with Crippen molar-refractivity contribution in [3.8, 4) is 11.5 Å². The van der Waals surface area contributed by atoms with E-state index in [2.05, 4.69) is 10.3 Å². The van der Waals surface area contributed by atoms with Crippen molar-refractivity contribution in [2.75, 3.05) is 38.5 Å². The molecule has 0 spiro atoms. The lowest BCUT2D eigenvalue weighted by molar-refractivity contribution is -0.111. The lowest BCUT2D eigenvalue weighted by Gasteiger charge is -2.15. The van der Waals surface area contributed by atoms with E-state index in [1.54, 1.807) is 38.6 Å². The summed E-state index contributed by atoms with van der Waals surface area (Å²) in [5.74, 6) is 1.78. The fourth-order valence-electron chi connectivity index (χ4n) is 2.15. The van der Waals surface area contributed by atoms with Crippen LogP contribution in [0.5, 0.6) is 11.5 Å². The molecule has 0 saturated carbocycles. The van der Waals surface area contributed by atoms with Gasteiger partial charge in [-0.2, -0.15) is 0 Å². The van der Waals surface area contributed by atoms with Crippen LogP contribution in [-0.2, 0) is 4.79 Å². The number of carbonyl (C=O) groups is 1. The number of nitrogens with one attached hydrogen (secondary N) is 1. The molecular weight excluding hydrogens is 306 g/mol. The highest BCUT2D eigenvalue weighted by Gasteiger charge is 2.08. The number of aromatic nitrogens is 1. The molecule has 2 rings (SSSR count). The smallest absolute Gasteiger partial charge is 0.248 e. The van der Waals surface area contributed by atoms with E-state index in [4.69, 9.17) is 9.47 Å². The van der Waals surface area contributed by atoms with Gasteiger partial charge in [-0.15, -0.1) is 0 Å². The third kappa shape index (κ3) is 4.25. The number of rotatable bonds is 6. The molecule has 24 heavy (non-hydrogen) atoms. The Kier molecular flexibility index (Phi) is 5.78. The molecule has 0 unspecified atom stereocenters. The fraction of sp³-hybridized carbons (Fsp3) is 0.222. The van der Waals surface area contributed by atoms with Crippen molar-refractivity contribution in [3.05, 3.63) is 48.2 Å². The maximum atomic E-state index is 12.2. The third-order valence-corrected chi connectivity index (χ3v) is 3.32. The zero-order chi connectivity index (χ0) is 17.5. The minimum atomic E-state index is -0.246. The molecule has 1 heterocycles. The number of methoxy groups -OCH3 is 2. The third-order valence-electron chi connectivity index (χ3n) is 3.32. The Balaban J connectivity index is 2.14. The van der Waals surface area contributed by atoms with Gasteiger partial charge in [-0.25, -0.2) is 4.98 Å². The normalized spacial score (nSPS) is 10.5. The number of amides is 1. The summed E-state index contributed by atoms with van der Waals surface area (Å²) in [5.41, 5.74) is 1.44. The maximum absolute atomic E-state index is 12.2. The highest BCUT2D eigenvalue weighted by atomic mass is 16.5. The average Bonchev–Trinajstić information content (AvgIpc) is 2.60. The van der Waals surface area contributed by atoms with Crippen LogP contribution in [0.15, 0.2) is 42.6 Å². The first-order valence-corrected chi connectivity index (χ1v) is 7.38. The van der Waals surface area contributed by atoms with Gasteiger partial charge in [-0.3, -0.25) is 4.79 Å². The largest absolute Gasteiger partial charge is 0.497 e. The van der Waals surface area contributed by atoms with Crippen molar-refractivity contribution in [1.29, 1.82) is 0 Å². The molecule has 0 fully saturated rings. The molecule has 1 N–H and O–H groups in total. The van der Waals surface area contributed by atoms with Gasteiger partial charge < -0.3 is 19.7 Å². The summed E-state index contributed by atoms with van der Waals surface area (Å²) in [4.78, 5) is 18.3. The van der Waals surface area contributed by atoms with Gasteiger partial charge in [0, 0.05) is 38.0 Å². The monoisotopic (exact) mass is 327 g/mol. The Bertz CT molecular complexity index is 742. The minimum Gasteiger partial charge on any atom is -0.497 e. The number of anilines is 2. The van der Waals surface area contributed by atoms with Crippen molar-refractivity contribution in [2.45, 2.75) is 0 Å². The first kappa shape index (κ1) is 17.3. The Morgan fingerprint density at radius 2 is 2.00 bits per heavy atom. The van der Waals surface area contributed by atoms with Gasteiger partial charge in [-0.05, 0) is 30.3 Å². The summed E-state index contributed by atoms with van der Waals surface area (Å²) in [5, 5.41) is 2.83. The predicted molar refractivity (Wildman–Crippen MR) is 95.8 cm³/mol. The molecule has 6 nitrogen and oxygen atoms in total. The molecule has 0 aliphatic rings. The number of benzene rings is 1. The zero-order valence-electron chi connectivity index (χ0n) is 14.2. The number of nitrogens with zero attached hydrogens (tertiary/aromatic N) is 2. The van der Waals surface area contributed by atoms with E-state index in [0.29, 0.717) is 23.0 Å². The van der Waals surface area contributed by atoms with Gasteiger partial charge >= 0.3 is 0 Å². The van der Waals surface area contributed by atoms with Crippen LogP contribution in [0, 0.1) is 0 Å². The number of ether oxygens (including phenoxy) is 2. The van der Waals surface area contributed by atoms with E-state index in [9.17, 15) is 4.79 Å². The van der Waals surface area contributed by atoms with Crippen molar-refractivity contribution in [2.24, 2.45) is 0 Å². The van der Waals surface area contributed by atoms with Crippen molar-refractivity contribution >= 4 is 23.5 Å². The van der Waals surface area contributed by atoms with Crippen LogP contribution in [0.2, 0.25) is 0 Å². The van der Waals surface area contributed by atoms with Gasteiger partial charge in [0.1, 0.15) is 11.5 Å². The van der Waals surface area contributed by atoms with Gasteiger partial charge in [-0.1, -0.05) is 0 Å². The summed E-state index contributed by atoms with van der Waals surface area (Å²) in [6.07, 6.45) is 4.83. The van der Waals surface area contributed by atoms with E-state index in [0.717, 1.165) is 5.56 Å². The summed E-state index contributed by atoms with van der Waals surface area (Å²) >= 11 is 0. The van der Waals surface area contributed by atoms with Crippen LogP contribution < -0.4 is 19.7 Å². The van der Waals surface area contributed by atoms with Gasteiger partial charge in [0.25, 0.3) is 0 Å². The Morgan fingerprint density at radius 3 is 2.67 bits per heavy atom. The lowest BCUT2D eigenvalue weighted by Crippen LogP contribution is -2.16. The van der Waals surface area contributed by atoms with Crippen LogP contribution >= 0.6 is 0 Å². The Hall–Kier alpha value is -3.02. The van der Waals surface area contributed by atoms with Crippen LogP contribution in [0.4, 0.5) is 11.5 Å². The predicted octanol–water partition coefficient (Wildman–Crippen LogP) is 2.82. The standard InChI is InChI=1S/C18H21N3O3/c1-21(2)18-15(6-5-11-19-18)20-17(22)10-8-13-7-9-14(23-3)12-16(13)24-4/h5-12H,1-4H3,(H,20,22). The number of carbonyl (C=O) groups excluding carboxylic acids is 1. The highest BCUT2D eigenvalue weighted by molar-refractivity contribution is 6.03. The summed E-state index contributed by atoms with van der Waals surface area (Å²) < 4.78 is 10.5. The van der Waals surface area contributed by atoms with Gasteiger partial charge in [0.2, 0.25) is 5.91 Å². The second-order valence-electron chi connectivity index (χ2n) is 5.20. The Labute approximate surface area is 141 Å². The molecule has 1 aromatic heterocycles. The molecule has 0 aliphatic heterocycles. The van der Waals surface area contributed by atoms with E-state index in [1.807, 2.05) is 37.2 Å². The summed E-state index contributed by atoms with van der Waals surface area (Å²) in [7, 11) is 6.91. The van der Waals surface area contributed by atoms with Crippen LogP contribution in [-0.4, -0.2) is 39.2 Å². The minimum absolute atomic E-state index is 0.246. The number of pyridine rings is 1. The van der Waals surface area contributed by atoms with Crippen LogP contribution in [0.25, 0.3) is 6.08 Å². The SMILES string of the molecule is COc1ccc(C=CC(=O)Nc2cccnc2N(C)C)c(OC)c1. The molecule has 0 aliphatic carbocycles. The number of hydrogen-bond donors (Lipinski definition) is 1. The van der Waals surface area contributed by atoms with Crippen molar-refractivity contribution < 1.29 is 14.3 Å². The maximum Gasteiger partial charge on any atom is 0.248 e.